The van der Waals surface area contributed by atoms with Crippen LogP contribution in [0.15, 0.2) is 0 Å². The van der Waals surface area contributed by atoms with Gasteiger partial charge < -0.3 is 10.2 Å². The molecule has 1 N–H and O–H groups in total. The number of piperidine rings is 1. The molecular weight excluding hydrogens is 172 g/mol. The van der Waals surface area contributed by atoms with Gasteiger partial charge in [-0.1, -0.05) is 20.3 Å². The second-order valence-electron chi connectivity index (χ2n) is 4.89. The SMILES string of the molecule is CC(C)[C@@H](C)NCCN1CCCCC1. The highest BCUT2D eigenvalue weighted by Gasteiger charge is 2.10. The first-order valence-electron chi connectivity index (χ1n) is 6.16. The monoisotopic (exact) mass is 198 g/mol. The third-order valence-corrected chi connectivity index (χ3v) is 3.34. The minimum absolute atomic E-state index is 0.653. The smallest absolute Gasteiger partial charge is 0.0107 e. The second-order valence-corrected chi connectivity index (χ2v) is 4.89. The molecule has 0 radical (unpaired) electrons. The van der Waals surface area contributed by atoms with Crippen LogP contribution in [0.5, 0.6) is 0 Å². The molecule has 0 aliphatic carbocycles. The average molecular weight is 198 g/mol. The van der Waals surface area contributed by atoms with Crippen molar-refractivity contribution in [1.82, 2.24) is 10.2 Å². The maximum Gasteiger partial charge on any atom is 0.0107 e. The second kappa shape index (κ2) is 6.41. The van der Waals surface area contributed by atoms with Crippen LogP contribution in [0, 0.1) is 5.92 Å². The summed E-state index contributed by atoms with van der Waals surface area (Å²) in [5.41, 5.74) is 0. The van der Waals surface area contributed by atoms with Crippen molar-refractivity contribution in [2.24, 2.45) is 5.92 Å². The summed E-state index contributed by atoms with van der Waals surface area (Å²) in [6, 6.07) is 0.653. The molecular formula is C12H26N2. The van der Waals surface area contributed by atoms with Gasteiger partial charge in [-0.3, -0.25) is 0 Å². The predicted molar refractivity (Wildman–Crippen MR) is 62.6 cm³/mol. The summed E-state index contributed by atoms with van der Waals surface area (Å²) >= 11 is 0. The first kappa shape index (κ1) is 12.0. The maximum atomic E-state index is 3.59. The van der Waals surface area contributed by atoms with Gasteiger partial charge in [-0.25, -0.2) is 0 Å². The Labute approximate surface area is 89.1 Å². The van der Waals surface area contributed by atoms with Crippen molar-refractivity contribution in [1.29, 1.82) is 0 Å². The standard InChI is InChI=1S/C12H26N2/c1-11(2)12(3)13-7-10-14-8-5-4-6-9-14/h11-13H,4-10H2,1-3H3/t12-/m1/s1. The fraction of sp³-hybridized carbons (Fsp3) is 1.00. The van der Waals surface area contributed by atoms with Gasteiger partial charge in [0, 0.05) is 19.1 Å². The van der Waals surface area contributed by atoms with Crippen molar-refractivity contribution in [2.75, 3.05) is 26.2 Å². The summed E-state index contributed by atoms with van der Waals surface area (Å²) < 4.78 is 0. The normalized spacial score (nSPS) is 21.4. The van der Waals surface area contributed by atoms with Crippen molar-refractivity contribution in [3.8, 4) is 0 Å². The van der Waals surface area contributed by atoms with Gasteiger partial charge in [0.05, 0.1) is 0 Å². The third kappa shape index (κ3) is 4.43. The summed E-state index contributed by atoms with van der Waals surface area (Å²) in [4.78, 5) is 2.59. The van der Waals surface area contributed by atoms with Crippen molar-refractivity contribution in [3.05, 3.63) is 0 Å². The van der Waals surface area contributed by atoms with Gasteiger partial charge in [0.2, 0.25) is 0 Å². The highest BCUT2D eigenvalue weighted by Crippen LogP contribution is 2.07. The zero-order valence-corrected chi connectivity index (χ0v) is 10.1. The Balaban J connectivity index is 2.02. The van der Waals surface area contributed by atoms with Gasteiger partial charge in [-0.2, -0.15) is 0 Å². The van der Waals surface area contributed by atoms with Crippen LogP contribution in [-0.2, 0) is 0 Å². The molecule has 0 aromatic heterocycles. The summed E-state index contributed by atoms with van der Waals surface area (Å²) in [5, 5.41) is 3.59. The molecule has 1 rings (SSSR count). The molecule has 0 aromatic rings. The van der Waals surface area contributed by atoms with E-state index in [9.17, 15) is 0 Å². The topological polar surface area (TPSA) is 15.3 Å². The van der Waals surface area contributed by atoms with E-state index in [1.54, 1.807) is 0 Å². The van der Waals surface area contributed by atoms with Crippen LogP contribution in [-0.4, -0.2) is 37.1 Å². The van der Waals surface area contributed by atoms with Crippen molar-refractivity contribution in [2.45, 2.75) is 46.1 Å². The highest BCUT2D eigenvalue weighted by molar-refractivity contribution is 4.68. The first-order valence-corrected chi connectivity index (χ1v) is 6.16. The van der Waals surface area contributed by atoms with E-state index in [4.69, 9.17) is 0 Å². The molecule has 1 aliphatic rings. The molecule has 2 heteroatoms. The van der Waals surface area contributed by atoms with E-state index in [-0.39, 0.29) is 0 Å². The van der Waals surface area contributed by atoms with Crippen molar-refractivity contribution in [3.63, 3.8) is 0 Å². The van der Waals surface area contributed by atoms with Crippen LogP contribution < -0.4 is 5.32 Å². The van der Waals surface area contributed by atoms with Gasteiger partial charge in [0.25, 0.3) is 0 Å². The maximum absolute atomic E-state index is 3.59. The van der Waals surface area contributed by atoms with E-state index in [1.165, 1.54) is 38.9 Å². The molecule has 2 nitrogen and oxygen atoms in total. The predicted octanol–water partition coefficient (Wildman–Crippen LogP) is 2.11. The van der Waals surface area contributed by atoms with E-state index < -0.39 is 0 Å². The van der Waals surface area contributed by atoms with Crippen LogP contribution >= 0.6 is 0 Å². The molecule has 1 atom stereocenters. The zero-order chi connectivity index (χ0) is 10.4. The molecule has 0 saturated carbocycles. The van der Waals surface area contributed by atoms with E-state index >= 15 is 0 Å². The molecule has 0 amide bonds. The summed E-state index contributed by atoms with van der Waals surface area (Å²) in [7, 11) is 0. The minimum Gasteiger partial charge on any atom is -0.313 e. The van der Waals surface area contributed by atoms with Gasteiger partial charge >= 0.3 is 0 Å². The number of rotatable bonds is 5. The third-order valence-electron chi connectivity index (χ3n) is 3.34. The fourth-order valence-corrected chi connectivity index (χ4v) is 1.87. The van der Waals surface area contributed by atoms with Gasteiger partial charge in [0.1, 0.15) is 0 Å². The lowest BCUT2D eigenvalue weighted by molar-refractivity contribution is 0.224. The van der Waals surface area contributed by atoms with E-state index in [0.717, 1.165) is 12.5 Å². The summed E-state index contributed by atoms with van der Waals surface area (Å²) in [6.07, 6.45) is 4.24. The molecule has 1 fully saturated rings. The number of nitrogens with zero attached hydrogens (tertiary/aromatic N) is 1. The molecule has 1 heterocycles. The molecule has 0 bridgehead atoms. The van der Waals surface area contributed by atoms with E-state index in [0.29, 0.717) is 6.04 Å². The fourth-order valence-electron chi connectivity index (χ4n) is 1.87. The lowest BCUT2D eigenvalue weighted by atomic mass is 10.1. The van der Waals surface area contributed by atoms with Crippen molar-refractivity contribution < 1.29 is 0 Å². The first-order chi connectivity index (χ1) is 6.70. The molecule has 0 spiro atoms. The van der Waals surface area contributed by atoms with Crippen LogP contribution in [0.1, 0.15) is 40.0 Å². The number of hydrogen-bond acceptors (Lipinski definition) is 2. The van der Waals surface area contributed by atoms with Crippen LogP contribution in [0.4, 0.5) is 0 Å². The Morgan fingerprint density at radius 3 is 2.29 bits per heavy atom. The summed E-state index contributed by atoms with van der Waals surface area (Å²) in [6.45, 7) is 11.9. The minimum atomic E-state index is 0.653. The zero-order valence-electron chi connectivity index (χ0n) is 10.1. The Hall–Kier alpha value is -0.0800. The average Bonchev–Trinajstić information content (AvgIpc) is 2.19. The quantitative estimate of drug-likeness (QED) is 0.728. The van der Waals surface area contributed by atoms with Gasteiger partial charge in [-0.15, -0.1) is 0 Å². The summed E-state index contributed by atoms with van der Waals surface area (Å²) in [5.74, 6) is 0.747. The van der Waals surface area contributed by atoms with Crippen molar-refractivity contribution >= 4 is 0 Å². The lowest BCUT2D eigenvalue weighted by Gasteiger charge is -2.27. The molecule has 1 aliphatic heterocycles. The van der Waals surface area contributed by atoms with Gasteiger partial charge in [0.15, 0.2) is 0 Å². The van der Waals surface area contributed by atoms with E-state index in [1.807, 2.05) is 0 Å². The van der Waals surface area contributed by atoms with E-state index in [2.05, 4.69) is 31.0 Å². The number of likely N-dealkylation sites (tertiary alicyclic amines) is 1. The lowest BCUT2D eigenvalue weighted by Crippen LogP contribution is -2.39. The molecule has 14 heavy (non-hydrogen) atoms. The Morgan fingerprint density at radius 2 is 1.71 bits per heavy atom. The Bertz CT molecular complexity index is 139. The highest BCUT2D eigenvalue weighted by atomic mass is 15.1. The number of hydrogen-bond donors (Lipinski definition) is 1. The van der Waals surface area contributed by atoms with Crippen LogP contribution in [0.2, 0.25) is 0 Å². The molecule has 0 aromatic carbocycles. The Morgan fingerprint density at radius 1 is 1.07 bits per heavy atom. The van der Waals surface area contributed by atoms with Crippen LogP contribution in [0.3, 0.4) is 0 Å². The largest absolute Gasteiger partial charge is 0.313 e. The molecule has 1 saturated heterocycles. The van der Waals surface area contributed by atoms with Crippen LogP contribution in [0.25, 0.3) is 0 Å². The molecule has 0 unspecified atom stereocenters. The Kier molecular flexibility index (Phi) is 5.49. The number of nitrogens with one attached hydrogen (secondary N) is 1. The molecule has 84 valence electrons. The van der Waals surface area contributed by atoms with Gasteiger partial charge in [-0.05, 0) is 38.8 Å².